The molecule has 0 bridgehead atoms. The van der Waals surface area contributed by atoms with Gasteiger partial charge < -0.3 is 4.90 Å². The second-order valence-corrected chi connectivity index (χ2v) is 9.24. The Morgan fingerprint density at radius 1 is 1.19 bits per heavy atom. The van der Waals surface area contributed by atoms with Crippen LogP contribution < -0.4 is 0 Å². The third-order valence-corrected chi connectivity index (χ3v) is 6.91. The van der Waals surface area contributed by atoms with Crippen molar-refractivity contribution in [3.63, 3.8) is 0 Å². The zero-order valence-corrected chi connectivity index (χ0v) is 16.1. The highest BCUT2D eigenvalue weighted by molar-refractivity contribution is 7.91. The Morgan fingerprint density at radius 3 is 2.59 bits per heavy atom. The Morgan fingerprint density at radius 2 is 1.93 bits per heavy atom. The average Bonchev–Trinajstić information content (AvgIpc) is 3.18. The maximum Gasteiger partial charge on any atom is 0.253 e. The van der Waals surface area contributed by atoms with Crippen molar-refractivity contribution < 1.29 is 13.2 Å². The van der Waals surface area contributed by atoms with E-state index in [1.54, 1.807) is 24.1 Å². The Balaban J connectivity index is 1.67. The molecule has 0 saturated carbocycles. The second-order valence-electron chi connectivity index (χ2n) is 7.01. The van der Waals surface area contributed by atoms with Crippen molar-refractivity contribution in [3.8, 4) is 5.69 Å². The maximum atomic E-state index is 12.8. The molecule has 1 aromatic heterocycles. The molecule has 1 aliphatic rings. The summed E-state index contributed by atoms with van der Waals surface area (Å²) in [7, 11) is -1.36. The first-order chi connectivity index (χ1) is 12.9. The molecule has 7 heteroatoms. The molecule has 27 heavy (non-hydrogen) atoms. The van der Waals surface area contributed by atoms with Crippen molar-refractivity contribution in [2.75, 3.05) is 18.6 Å². The van der Waals surface area contributed by atoms with Crippen LogP contribution in [0.25, 0.3) is 16.7 Å². The minimum Gasteiger partial charge on any atom is -0.338 e. The monoisotopic (exact) mass is 383 g/mol. The largest absolute Gasteiger partial charge is 0.338 e. The van der Waals surface area contributed by atoms with Crippen molar-refractivity contribution in [2.45, 2.75) is 19.4 Å². The number of carbonyl (C=O) groups is 1. The summed E-state index contributed by atoms with van der Waals surface area (Å²) in [5.41, 5.74) is 3.22. The summed E-state index contributed by atoms with van der Waals surface area (Å²) < 4.78 is 25.5. The molecule has 6 nitrogen and oxygen atoms in total. The molecule has 0 N–H and O–H groups in total. The molecule has 1 aliphatic heterocycles. The van der Waals surface area contributed by atoms with Gasteiger partial charge in [0.2, 0.25) is 0 Å². The number of carbonyl (C=O) groups excluding carboxylic acids is 1. The van der Waals surface area contributed by atoms with Crippen LogP contribution in [0.2, 0.25) is 0 Å². The van der Waals surface area contributed by atoms with Gasteiger partial charge in [-0.2, -0.15) is 0 Å². The number of benzene rings is 2. The quantitative estimate of drug-likeness (QED) is 0.697. The molecule has 0 aliphatic carbocycles. The molecule has 1 saturated heterocycles. The lowest BCUT2D eigenvalue weighted by molar-refractivity contribution is 0.0748. The number of amides is 1. The van der Waals surface area contributed by atoms with Gasteiger partial charge in [-0.15, -0.1) is 0 Å². The van der Waals surface area contributed by atoms with Gasteiger partial charge in [0, 0.05) is 24.3 Å². The van der Waals surface area contributed by atoms with Crippen LogP contribution in [-0.4, -0.2) is 53.4 Å². The highest BCUT2D eigenvalue weighted by Crippen LogP contribution is 2.24. The standard InChI is InChI=1S/C20H21N3O3S/c1-14-21-18-12-15(20(24)22(2)17-10-11-27(25,26)13-17)8-9-19(18)23(14)16-6-4-3-5-7-16/h3-9,12,17H,10-11,13H2,1-2H3. The minimum atomic E-state index is -3.03. The average molecular weight is 383 g/mol. The van der Waals surface area contributed by atoms with Gasteiger partial charge in [-0.25, -0.2) is 13.4 Å². The van der Waals surface area contributed by atoms with Gasteiger partial charge in [-0.3, -0.25) is 9.36 Å². The molecule has 1 atom stereocenters. The van der Waals surface area contributed by atoms with Gasteiger partial charge in [0.1, 0.15) is 5.82 Å². The molecule has 1 unspecified atom stereocenters. The van der Waals surface area contributed by atoms with Crippen LogP contribution in [-0.2, 0) is 9.84 Å². The van der Waals surface area contributed by atoms with Gasteiger partial charge in [0.25, 0.3) is 5.91 Å². The van der Waals surface area contributed by atoms with Gasteiger partial charge in [-0.05, 0) is 43.7 Å². The van der Waals surface area contributed by atoms with Crippen LogP contribution in [0.4, 0.5) is 0 Å². The van der Waals surface area contributed by atoms with E-state index in [4.69, 9.17) is 0 Å². The molecule has 2 aromatic carbocycles. The first kappa shape index (κ1) is 17.7. The number of imidazole rings is 1. The molecule has 2 heterocycles. The number of hydrogen-bond donors (Lipinski definition) is 0. The zero-order chi connectivity index (χ0) is 19.2. The summed E-state index contributed by atoms with van der Waals surface area (Å²) in [4.78, 5) is 19.0. The molecule has 0 spiro atoms. The smallest absolute Gasteiger partial charge is 0.253 e. The fourth-order valence-electron chi connectivity index (χ4n) is 3.69. The van der Waals surface area contributed by atoms with E-state index in [1.807, 2.05) is 43.3 Å². The zero-order valence-electron chi connectivity index (χ0n) is 15.3. The predicted molar refractivity (Wildman–Crippen MR) is 105 cm³/mol. The Bertz CT molecular complexity index is 1120. The van der Waals surface area contributed by atoms with Crippen LogP contribution in [0, 0.1) is 6.92 Å². The number of para-hydroxylation sites is 1. The van der Waals surface area contributed by atoms with E-state index in [0.29, 0.717) is 12.0 Å². The summed E-state index contributed by atoms with van der Waals surface area (Å²) >= 11 is 0. The van der Waals surface area contributed by atoms with Crippen LogP contribution in [0.1, 0.15) is 22.6 Å². The van der Waals surface area contributed by atoms with E-state index >= 15 is 0 Å². The lowest BCUT2D eigenvalue weighted by Crippen LogP contribution is -2.37. The number of aryl methyl sites for hydroxylation is 1. The first-order valence-electron chi connectivity index (χ1n) is 8.88. The van der Waals surface area contributed by atoms with E-state index in [9.17, 15) is 13.2 Å². The maximum absolute atomic E-state index is 12.8. The van der Waals surface area contributed by atoms with Gasteiger partial charge in [-0.1, -0.05) is 18.2 Å². The molecule has 140 valence electrons. The molecular formula is C20H21N3O3S. The van der Waals surface area contributed by atoms with E-state index in [-0.39, 0.29) is 23.5 Å². The molecule has 0 radical (unpaired) electrons. The fraction of sp³-hybridized carbons (Fsp3) is 0.300. The summed E-state index contributed by atoms with van der Waals surface area (Å²) in [6.45, 7) is 1.93. The predicted octanol–water partition coefficient (Wildman–Crippen LogP) is 2.59. The van der Waals surface area contributed by atoms with Gasteiger partial charge >= 0.3 is 0 Å². The van der Waals surface area contributed by atoms with Crippen molar-refractivity contribution in [1.29, 1.82) is 0 Å². The molecule has 1 amide bonds. The summed E-state index contributed by atoms with van der Waals surface area (Å²) in [6.07, 6.45) is 0.495. The topological polar surface area (TPSA) is 72.3 Å². The number of rotatable bonds is 3. The third kappa shape index (κ3) is 3.23. The van der Waals surface area contributed by atoms with Crippen LogP contribution >= 0.6 is 0 Å². The number of sulfone groups is 1. The molecule has 4 rings (SSSR count). The van der Waals surface area contributed by atoms with E-state index in [2.05, 4.69) is 9.55 Å². The highest BCUT2D eigenvalue weighted by atomic mass is 32.2. The van der Waals surface area contributed by atoms with Crippen LogP contribution in [0.3, 0.4) is 0 Å². The molecule has 3 aromatic rings. The lowest BCUT2D eigenvalue weighted by Gasteiger charge is -2.23. The Hall–Kier alpha value is -2.67. The van der Waals surface area contributed by atoms with Crippen molar-refractivity contribution in [2.24, 2.45) is 0 Å². The molecular weight excluding hydrogens is 362 g/mol. The van der Waals surface area contributed by atoms with Gasteiger partial charge in [0.05, 0.1) is 22.5 Å². The fourth-order valence-corrected chi connectivity index (χ4v) is 5.46. The van der Waals surface area contributed by atoms with E-state index < -0.39 is 9.84 Å². The first-order valence-corrected chi connectivity index (χ1v) is 10.7. The number of aromatic nitrogens is 2. The third-order valence-electron chi connectivity index (χ3n) is 5.16. The van der Waals surface area contributed by atoms with Crippen molar-refractivity contribution >= 4 is 26.8 Å². The van der Waals surface area contributed by atoms with Crippen LogP contribution in [0.15, 0.2) is 48.5 Å². The minimum absolute atomic E-state index is 0.0409. The highest BCUT2D eigenvalue weighted by Gasteiger charge is 2.33. The lowest BCUT2D eigenvalue weighted by atomic mass is 10.1. The van der Waals surface area contributed by atoms with E-state index in [0.717, 1.165) is 22.5 Å². The second kappa shape index (κ2) is 6.49. The van der Waals surface area contributed by atoms with Crippen molar-refractivity contribution in [3.05, 3.63) is 59.9 Å². The number of fused-ring (bicyclic) bond motifs is 1. The SMILES string of the molecule is Cc1nc2cc(C(=O)N(C)C3CCS(=O)(=O)C3)ccc2n1-c1ccccc1. The summed E-state index contributed by atoms with van der Waals surface area (Å²) in [5, 5.41) is 0. The summed E-state index contributed by atoms with van der Waals surface area (Å²) in [6, 6.07) is 15.1. The normalized spacial score (nSPS) is 18.7. The van der Waals surface area contributed by atoms with Gasteiger partial charge in [0.15, 0.2) is 9.84 Å². The van der Waals surface area contributed by atoms with Crippen LogP contribution in [0.5, 0.6) is 0 Å². The number of nitrogens with zero attached hydrogens (tertiary/aromatic N) is 3. The Kier molecular flexibility index (Phi) is 4.26. The summed E-state index contributed by atoms with van der Waals surface area (Å²) in [5.74, 6) is 0.857. The van der Waals surface area contributed by atoms with Crippen molar-refractivity contribution in [1.82, 2.24) is 14.5 Å². The molecule has 1 fully saturated rings. The Labute approximate surface area is 158 Å². The van der Waals surface area contributed by atoms with E-state index in [1.165, 1.54) is 0 Å². The number of hydrogen-bond acceptors (Lipinski definition) is 4.